The smallest absolute Gasteiger partial charge is 0.246 e. The SMILES string of the molecule is C=CC(=O)N1Cc2cc(-c3nc(N4CCN(C)C(=O)C4)c4ccsc4c3-c3c(F)cc(F)cc3OCCOC)nn2CC1C. The number of benzene rings is 1. The normalized spacial score (nSPS) is 16.9. The predicted octanol–water partition coefficient (Wildman–Crippen LogP) is 4.33. The van der Waals surface area contributed by atoms with E-state index in [1.807, 2.05) is 34.0 Å². The summed E-state index contributed by atoms with van der Waals surface area (Å²) in [6.07, 6.45) is 1.29. The van der Waals surface area contributed by atoms with E-state index in [-0.39, 0.29) is 48.9 Å². The van der Waals surface area contributed by atoms with Crippen molar-refractivity contribution in [1.29, 1.82) is 0 Å². The molecule has 1 aromatic carbocycles. The molecule has 0 bridgehead atoms. The Kier molecular flexibility index (Phi) is 8.08. The predicted molar refractivity (Wildman–Crippen MR) is 164 cm³/mol. The van der Waals surface area contributed by atoms with Gasteiger partial charge in [-0.1, -0.05) is 6.58 Å². The number of fused-ring (bicyclic) bond motifs is 2. The number of nitrogens with zero attached hydrogens (tertiary/aromatic N) is 6. The minimum Gasteiger partial charge on any atom is -0.490 e. The molecule has 0 radical (unpaired) electrons. The van der Waals surface area contributed by atoms with Gasteiger partial charge < -0.3 is 24.2 Å². The lowest BCUT2D eigenvalue weighted by Gasteiger charge is -2.33. The Bertz CT molecular complexity index is 1770. The minimum absolute atomic E-state index is 0.0141. The number of halogens is 2. The highest BCUT2D eigenvalue weighted by atomic mass is 32.1. The van der Waals surface area contributed by atoms with Gasteiger partial charge in [0.15, 0.2) is 0 Å². The van der Waals surface area contributed by atoms with Gasteiger partial charge in [0.2, 0.25) is 11.8 Å². The van der Waals surface area contributed by atoms with E-state index in [0.29, 0.717) is 53.6 Å². The quantitative estimate of drug-likeness (QED) is 0.214. The standard InChI is InChI=1S/C31H32F2N6O4S/c1-5-25(40)38-16-20-14-23(35-39(20)15-18(38)2)29-28(27-22(33)12-19(32)13-24(27)43-10-9-42-4)30-21(6-11-44-30)31(34-29)37-8-7-36(3)26(41)17-37/h5-6,11-14,18H,1,7-10,15-17H2,2-4H3. The van der Waals surface area contributed by atoms with Crippen molar-refractivity contribution < 1.29 is 27.8 Å². The van der Waals surface area contributed by atoms with Crippen molar-refractivity contribution >= 4 is 39.1 Å². The van der Waals surface area contributed by atoms with E-state index in [2.05, 4.69) is 6.58 Å². The topological polar surface area (TPSA) is 93.0 Å². The first kappa shape index (κ1) is 29.7. The molecule has 6 rings (SSSR count). The highest BCUT2D eigenvalue weighted by molar-refractivity contribution is 7.18. The number of pyridine rings is 1. The second-order valence-electron chi connectivity index (χ2n) is 10.9. The lowest BCUT2D eigenvalue weighted by Crippen LogP contribution is -2.48. The molecule has 0 spiro atoms. The molecule has 4 aromatic rings. The number of rotatable bonds is 8. The summed E-state index contributed by atoms with van der Waals surface area (Å²) < 4.78 is 44.0. The van der Waals surface area contributed by atoms with E-state index in [1.54, 1.807) is 16.8 Å². The van der Waals surface area contributed by atoms with Crippen molar-refractivity contribution in [2.45, 2.75) is 26.1 Å². The van der Waals surface area contributed by atoms with Crippen molar-refractivity contribution in [2.75, 3.05) is 51.9 Å². The molecular formula is C31H32F2N6O4S. The second-order valence-corrected chi connectivity index (χ2v) is 11.8. The van der Waals surface area contributed by atoms with Gasteiger partial charge in [0.05, 0.1) is 37.5 Å². The van der Waals surface area contributed by atoms with Crippen LogP contribution in [0.4, 0.5) is 14.6 Å². The summed E-state index contributed by atoms with van der Waals surface area (Å²) in [7, 11) is 3.28. The van der Waals surface area contributed by atoms with E-state index >= 15 is 4.39 Å². The van der Waals surface area contributed by atoms with Crippen LogP contribution in [0.3, 0.4) is 0 Å². The number of methoxy groups -OCH3 is 1. The van der Waals surface area contributed by atoms with Crippen LogP contribution in [0.25, 0.3) is 32.6 Å². The highest BCUT2D eigenvalue weighted by Crippen LogP contribution is 2.47. The summed E-state index contributed by atoms with van der Waals surface area (Å²) in [5.74, 6) is -1.21. The molecule has 2 aliphatic heterocycles. The molecule has 1 saturated heterocycles. The second kappa shape index (κ2) is 12.0. The first-order valence-electron chi connectivity index (χ1n) is 14.2. The lowest BCUT2D eigenvalue weighted by atomic mass is 9.98. The molecule has 5 heterocycles. The Hall–Kier alpha value is -4.36. The number of carbonyl (C=O) groups excluding carboxylic acids is 2. The molecule has 1 atom stereocenters. The Morgan fingerprint density at radius 2 is 2.00 bits per heavy atom. The number of piperazine rings is 1. The van der Waals surface area contributed by atoms with Crippen LogP contribution in [0, 0.1) is 11.6 Å². The van der Waals surface area contributed by atoms with Crippen LogP contribution in [-0.4, -0.2) is 89.4 Å². The van der Waals surface area contributed by atoms with Crippen LogP contribution in [0.1, 0.15) is 12.6 Å². The Morgan fingerprint density at radius 3 is 2.75 bits per heavy atom. The maximum absolute atomic E-state index is 15.9. The van der Waals surface area contributed by atoms with Gasteiger partial charge in [-0.3, -0.25) is 14.3 Å². The summed E-state index contributed by atoms with van der Waals surface area (Å²) >= 11 is 1.39. The molecule has 1 unspecified atom stereocenters. The molecule has 0 saturated carbocycles. The number of thiophene rings is 1. The number of likely N-dealkylation sites (N-methyl/N-ethyl adjacent to an activating group) is 1. The molecule has 1 fully saturated rings. The van der Waals surface area contributed by atoms with E-state index in [9.17, 15) is 14.0 Å². The van der Waals surface area contributed by atoms with Gasteiger partial charge in [0.1, 0.15) is 41.2 Å². The number of ether oxygens (including phenoxy) is 2. The summed E-state index contributed by atoms with van der Waals surface area (Å²) in [5, 5.41) is 7.49. The molecular weight excluding hydrogens is 590 g/mol. The van der Waals surface area contributed by atoms with Gasteiger partial charge in [-0.25, -0.2) is 13.8 Å². The first-order valence-corrected chi connectivity index (χ1v) is 15.1. The van der Waals surface area contributed by atoms with Crippen LogP contribution in [0.5, 0.6) is 5.75 Å². The maximum Gasteiger partial charge on any atom is 0.246 e. The van der Waals surface area contributed by atoms with E-state index in [0.717, 1.165) is 23.2 Å². The van der Waals surface area contributed by atoms with Crippen LogP contribution < -0.4 is 9.64 Å². The highest BCUT2D eigenvalue weighted by Gasteiger charge is 2.32. The third kappa shape index (κ3) is 5.30. The molecule has 44 heavy (non-hydrogen) atoms. The molecule has 0 N–H and O–H groups in total. The summed E-state index contributed by atoms with van der Waals surface area (Å²) in [6.45, 7) is 7.84. The number of aromatic nitrogens is 3. The van der Waals surface area contributed by atoms with Crippen molar-refractivity contribution in [1.82, 2.24) is 24.6 Å². The molecule has 3 aromatic heterocycles. The zero-order valence-corrected chi connectivity index (χ0v) is 25.5. The number of amides is 2. The lowest BCUT2D eigenvalue weighted by molar-refractivity contribution is -0.130. The fourth-order valence-electron chi connectivity index (χ4n) is 5.70. The fourth-order valence-corrected chi connectivity index (χ4v) is 6.64. The summed E-state index contributed by atoms with van der Waals surface area (Å²) in [5.41, 5.74) is 2.06. The molecule has 2 aliphatic rings. The Morgan fingerprint density at radius 1 is 1.18 bits per heavy atom. The third-order valence-corrected chi connectivity index (χ3v) is 8.96. The summed E-state index contributed by atoms with van der Waals surface area (Å²) in [4.78, 5) is 35.6. The molecule has 0 aliphatic carbocycles. The van der Waals surface area contributed by atoms with E-state index in [1.165, 1.54) is 24.5 Å². The first-order chi connectivity index (χ1) is 21.2. The van der Waals surface area contributed by atoms with Gasteiger partial charge in [-0.2, -0.15) is 5.10 Å². The number of anilines is 1. The van der Waals surface area contributed by atoms with Crippen LogP contribution in [0.15, 0.2) is 42.3 Å². The number of hydrogen-bond donors (Lipinski definition) is 0. The van der Waals surface area contributed by atoms with Crippen molar-refractivity contribution in [3.63, 3.8) is 0 Å². The maximum atomic E-state index is 15.9. The zero-order valence-electron chi connectivity index (χ0n) is 24.7. The van der Waals surface area contributed by atoms with Gasteiger partial charge in [0, 0.05) is 61.1 Å². The summed E-state index contributed by atoms with van der Waals surface area (Å²) in [6, 6.07) is 5.59. The van der Waals surface area contributed by atoms with Gasteiger partial charge >= 0.3 is 0 Å². The van der Waals surface area contributed by atoms with Crippen LogP contribution >= 0.6 is 11.3 Å². The Labute approximate surface area is 257 Å². The average Bonchev–Trinajstić information content (AvgIpc) is 3.65. The average molecular weight is 623 g/mol. The third-order valence-electron chi connectivity index (χ3n) is 8.02. The number of hydrogen-bond acceptors (Lipinski definition) is 8. The van der Waals surface area contributed by atoms with Gasteiger partial charge in [-0.15, -0.1) is 11.3 Å². The van der Waals surface area contributed by atoms with E-state index in [4.69, 9.17) is 19.6 Å². The molecule has 10 nitrogen and oxygen atoms in total. The molecule has 230 valence electrons. The largest absolute Gasteiger partial charge is 0.490 e. The van der Waals surface area contributed by atoms with Crippen LogP contribution in [-0.2, 0) is 27.4 Å². The van der Waals surface area contributed by atoms with Gasteiger partial charge in [0.25, 0.3) is 0 Å². The zero-order chi connectivity index (χ0) is 31.1. The molecule has 2 amide bonds. The van der Waals surface area contributed by atoms with Crippen molar-refractivity contribution in [3.8, 4) is 28.3 Å². The molecule has 13 heteroatoms. The Balaban J connectivity index is 1.58. The number of carbonyl (C=O) groups is 2. The van der Waals surface area contributed by atoms with Crippen molar-refractivity contribution in [2.24, 2.45) is 0 Å². The monoisotopic (exact) mass is 622 g/mol. The van der Waals surface area contributed by atoms with Crippen molar-refractivity contribution in [3.05, 3.63) is 59.6 Å². The fraction of sp³-hybridized carbons (Fsp3) is 0.355. The van der Waals surface area contributed by atoms with Crippen LogP contribution in [0.2, 0.25) is 0 Å². The van der Waals surface area contributed by atoms with E-state index < -0.39 is 11.6 Å². The minimum atomic E-state index is -0.807. The van der Waals surface area contributed by atoms with Gasteiger partial charge in [-0.05, 0) is 30.5 Å².